The Balaban J connectivity index is 2.42. The highest BCUT2D eigenvalue weighted by atomic mass is 35.5. The van der Waals surface area contributed by atoms with Crippen molar-refractivity contribution in [1.29, 1.82) is 0 Å². The number of nitrogens with zero attached hydrogens (tertiary/aromatic N) is 1. The second-order valence-electron chi connectivity index (χ2n) is 4.36. The molecule has 0 amide bonds. The fourth-order valence-corrected chi connectivity index (χ4v) is 3.83. The van der Waals surface area contributed by atoms with Crippen molar-refractivity contribution >= 4 is 27.3 Å². The van der Waals surface area contributed by atoms with Crippen molar-refractivity contribution in [3.8, 4) is 0 Å². The molecule has 6 heteroatoms. The molecule has 0 bridgehead atoms. The van der Waals surface area contributed by atoms with Gasteiger partial charge in [0.15, 0.2) is 0 Å². The molecule has 0 saturated carbocycles. The predicted octanol–water partition coefficient (Wildman–Crippen LogP) is 2.26. The summed E-state index contributed by atoms with van der Waals surface area (Å²) in [5.74, 6) is 0. The number of benzene rings is 1. The molecule has 2 rings (SSSR count). The zero-order valence-corrected chi connectivity index (χ0v) is 11.6. The third-order valence-corrected chi connectivity index (χ3v) is 5.03. The number of halogens is 1. The van der Waals surface area contributed by atoms with Crippen LogP contribution in [0.25, 0.3) is 0 Å². The van der Waals surface area contributed by atoms with Crippen molar-refractivity contribution < 1.29 is 8.42 Å². The SMILES string of the molecule is CC1=CCCN(S(=O)(=O)c2cc(Cl)ccc2N)C1. The van der Waals surface area contributed by atoms with E-state index in [1.54, 1.807) is 6.07 Å². The van der Waals surface area contributed by atoms with Gasteiger partial charge in [-0.1, -0.05) is 23.3 Å². The van der Waals surface area contributed by atoms with Gasteiger partial charge in [0, 0.05) is 18.1 Å². The number of nitrogen functional groups attached to an aromatic ring is 1. The molecule has 1 aliphatic rings. The van der Waals surface area contributed by atoms with Gasteiger partial charge in [0.25, 0.3) is 0 Å². The first kappa shape index (κ1) is 13.4. The van der Waals surface area contributed by atoms with Gasteiger partial charge in [-0.05, 0) is 31.5 Å². The van der Waals surface area contributed by atoms with Gasteiger partial charge in [-0.2, -0.15) is 4.31 Å². The third-order valence-electron chi connectivity index (χ3n) is 2.89. The Morgan fingerprint density at radius 1 is 1.39 bits per heavy atom. The Hall–Kier alpha value is -1.04. The standard InChI is InChI=1S/C12H15ClN2O2S/c1-9-3-2-6-15(8-9)18(16,17)12-7-10(13)4-5-11(12)14/h3-5,7H,2,6,8,14H2,1H3. The predicted molar refractivity (Wildman–Crippen MR) is 73.0 cm³/mol. The Labute approximate surface area is 112 Å². The summed E-state index contributed by atoms with van der Waals surface area (Å²) in [5.41, 5.74) is 7.01. The highest BCUT2D eigenvalue weighted by molar-refractivity contribution is 7.89. The molecule has 0 fully saturated rings. The van der Waals surface area contributed by atoms with Gasteiger partial charge in [0.1, 0.15) is 4.90 Å². The first-order chi connectivity index (χ1) is 8.41. The van der Waals surface area contributed by atoms with Crippen LogP contribution in [0.15, 0.2) is 34.7 Å². The minimum atomic E-state index is -3.57. The van der Waals surface area contributed by atoms with Crippen LogP contribution < -0.4 is 5.73 Å². The monoisotopic (exact) mass is 286 g/mol. The molecule has 18 heavy (non-hydrogen) atoms. The lowest BCUT2D eigenvalue weighted by Crippen LogP contribution is -2.35. The Kier molecular flexibility index (Phi) is 3.66. The number of hydrogen-bond acceptors (Lipinski definition) is 3. The fraction of sp³-hybridized carbons (Fsp3) is 0.333. The molecule has 0 aromatic heterocycles. The summed E-state index contributed by atoms with van der Waals surface area (Å²) < 4.78 is 26.4. The summed E-state index contributed by atoms with van der Waals surface area (Å²) in [5, 5.41) is 0.368. The topological polar surface area (TPSA) is 63.4 Å². The summed E-state index contributed by atoms with van der Waals surface area (Å²) in [4.78, 5) is 0.0877. The van der Waals surface area contributed by atoms with Crippen LogP contribution in [-0.4, -0.2) is 25.8 Å². The molecule has 1 aliphatic heterocycles. The van der Waals surface area contributed by atoms with Gasteiger partial charge in [-0.3, -0.25) is 0 Å². The molecule has 1 aromatic carbocycles. The van der Waals surface area contributed by atoms with E-state index in [2.05, 4.69) is 0 Å². The number of rotatable bonds is 2. The van der Waals surface area contributed by atoms with Gasteiger partial charge in [0.2, 0.25) is 10.0 Å². The maximum atomic E-state index is 12.5. The molecule has 1 aromatic rings. The number of anilines is 1. The van der Waals surface area contributed by atoms with E-state index >= 15 is 0 Å². The molecule has 0 radical (unpaired) electrons. The molecule has 1 heterocycles. The molecule has 0 spiro atoms. The van der Waals surface area contributed by atoms with Crippen LogP contribution in [0, 0.1) is 0 Å². The number of sulfonamides is 1. The van der Waals surface area contributed by atoms with Crippen molar-refractivity contribution in [2.24, 2.45) is 0 Å². The van der Waals surface area contributed by atoms with E-state index in [0.717, 1.165) is 12.0 Å². The maximum absolute atomic E-state index is 12.5. The van der Waals surface area contributed by atoms with Crippen molar-refractivity contribution in [1.82, 2.24) is 4.31 Å². The quantitative estimate of drug-likeness (QED) is 0.670. The van der Waals surface area contributed by atoms with E-state index in [1.165, 1.54) is 16.4 Å². The van der Waals surface area contributed by atoms with Gasteiger partial charge < -0.3 is 5.73 Å². The second-order valence-corrected chi connectivity index (χ2v) is 6.70. The molecular weight excluding hydrogens is 272 g/mol. The highest BCUT2D eigenvalue weighted by Gasteiger charge is 2.27. The molecular formula is C12H15ClN2O2S. The normalized spacial score (nSPS) is 17.6. The van der Waals surface area contributed by atoms with Crippen LogP contribution >= 0.6 is 11.6 Å². The molecule has 0 atom stereocenters. The maximum Gasteiger partial charge on any atom is 0.245 e. The smallest absolute Gasteiger partial charge is 0.245 e. The van der Waals surface area contributed by atoms with E-state index in [0.29, 0.717) is 18.1 Å². The molecule has 0 unspecified atom stereocenters. The highest BCUT2D eigenvalue weighted by Crippen LogP contribution is 2.27. The van der Waals surface area contributed by atoms with Gasteiger partial charge in [-0.15, -0.1) is 0 Å². The first-order valence-electron chi connectivity index (χ1n) is 5.62. The molecule has 0 aliphatic carbocycles. The number of nitrogens with two attached hydrogens (primary N) is 1. The summed E-state index contributed by atoms with van der Waals surface area (Å²) in [6.07, 6.45) is 2.78. The van der Waals surface area contributed by atoms with Crippen LogP contribution in [0.3, 0.4) is 0 Å². The summed E-state index contributed by atoms with van der Waals surface area (Å²) in [6.45, 7) is 2.81. The van der Waals surface area contributed by atoms with Crippen LogP contribution in [0.1, 0.15) is 13.3 Å². The Morgan fingerprint density at radius 2 is 2.11 bits per heavy atom. The summed E-state index contributed by atoms with van der Waals surface area (Å²) in [7, 11) is -3.57. The largest absolute Gasteiger partial charge is 0.398 e. The fourth-order valence-electron chi connectivity index (χ4n) is 1.95. The van der Waals surface area contributed by atoms with Crippen LogP contribution in [0.5, 0.6) is 0 Å². The van der Waals surface area contributed by atoms with E-state index in [4.69, 9.17) is 17.3 Å². The first-order valence-corrected chi connectivity index (χ1v) is 7.44. The Bertz CT molecular complexity index is 596. The van der Waals surface area contributed by atoms with Crippen LogP contribution in [0.2, 0.25) is 5.02 Å². The van der Waals surface area contributed by atoms with Crippen molar-refractivity contribution in [3.05, 3.63) is 34.9 Å². The van der Waals surface area contributed by atoms with E-state index in [1.807, 2.05) is 13.0 Å². The van der Waals surface area contributed by atoms with Crippen LogP contribution in [0.4, 0.5) is 5.69 Å². The second kappa shape index (κ2) is 4.91. The van der Waals surface area contributed by atoms with E-state index < -0.39 is 10.0 Å². The molecule has 0 saturated heterocycles. The molecule has 98 valence electrons. The van der Waals surface area contributed by atoms with Gasteiger partial charge >= 0.3 is 0 Å². The van der Waals surface area contributed by atoms with Crippen molar-refractivity contribution in [3.63, 3.8) is 0 Å². The zero-order valence-electron chi connectivity index (χ0n) is 10.1. The van der Waals surface area contributed by atoms with Gasteiger partial charge in [-0.25, -0.2) is 8.42 Å². The molecule has 2 N–H and O–H groups in total. The average molecular weight is 287 g/mol. The minimum Gasteiger partial charge on any atom is -0.398 e. The van der Waals surface area contributed by atoms with Gasteiger partial charge in [0.05, 0.1) is 5.69 Å². The van der Waals surface area contributed by atoms with E-state index in [9.17, 15) is 8.42 Å². The Morgan fingerprint density at radius 3 is 2.78 bits per heavy atom. The number of hydrogen-bond donors (Lipinski definition) is 1. The van der Waals surface area contributed by atoms with E-state index in [-0.39, 0.29) is 10.6 Å². The van der Waals surface area contributed by atoms with Crippen molar-refractivity contribution in [2.45, 2.75) is 18.2 Å². The lowest BCUT2D eigenvalue weighted by atomic mass is 10.2. The lowest BCUT2D eigenvalue weighted by Gasteiger charge is -2.26. The average Bonchev–Trinajstić information content (AvgIpc) is 2.32. The van der Waals surface area contributed by atoms with Crippen LogP contribution in [-0.2, 0) is 10.0 Å². The lowest BCUT2D eigenvalue weighted by molar-refractivity contribution is 0.428. The third kappa shape index (κ3) is 2.53. The summed E-state index contributed by atoms with van der Waals surface area (Å²) in [6, 6.07) is 4.50. The molecule has 4 nitrogen and oxygen atoms in total. The minimum absolute atomic E-state index is 0.0877. The summed E-state index contributed by atoms with van der Waals surface area (Å²) >= 11 is 5.84. The van der Waals surface area contributed by atoms with Crippen molar-refractivity contribution in [2.75, 3.05) is 18.8 Å². The zero-order chi connectivity index (χ0) is 13.3.